The molecule has 2 unspecified atom stereocenters. The zero-order valence-corrected chi connectivity index (χ0v) is 18.5. The molecule has 0 spiro atoms. The molecule has 0 saturated carbocycles. The molecule has 2 saturated heterocycles. The van der Waals surface area contributed by atoms with E-state index in [1.165, 1.54) is 11.3 Å². The third-order valence-corrected chi connectivity index (χ3v) is 7.01. The van der Waals surface area contributed by atoms with Crippen molar-refractivity contribution in [2.75, 3.05) is 50.7 Å². The smallest absolute Gasteiger partial charge is 0.273 e. The number of aromatic nitrogens is 2. The minimum absolute atomic E-state index is 0.0576. The summed E-state index contributed by atoms with van der Waals surface area (Å²) in [6.45, 7) is 5.69. The summed E-state index contributed by atoms with van der Waals surface area (Å²) in [4.78, 5) is 21.9. The molecular weight excluding hydrogens is 392 g/mol. The first-order valence-electron chi connectivity index (χ1n) is 11.3. The van der Waals surface area contributed by atoms with Crippen LogP contribution in [0.5, 0.6) is 0 Å². The standard InChI is InChI=1S/C23H32N6O2/c1-15(28-13-18(14-28)16-4-6-19(7-5-16)27(2)3)21-25-23(30)20-12-24-22(29(20)26-21)17-8-10-31-11-9-17/h4-7,12,15,17-18,21,26H,8-11,13-14H2,1-3H3,(H,25,30). The van der Waals surface area contributed by atoms with Crippen molar-refractivity contribution in [2.24, 2.45) is 0 Å². The van der Waals surface area contributed by atoms with Crippen molar-refractivity contribution in [3.05, 3.63) is 47.5 Å². The Hall–Kier alpha value is -2.58. The number of fused-ring (bicyclic) bond motifs is 1. The van der Waals surface area contributed by atoms with Gasteiger partial charge in [-0.1, -0.05) is 12.1 Å². The molecule has 8 heteroatoms. The number of nitrogens with zero attached hydrogens (tertiary/aromatic N) is 4. The molecule has 0 aliphatic carbocycles. The molecule has 2 N–H and O–H groups in total. The average molecular weight is 425 g/mol. The van der Waals surface area contributed by atoms with E-state index in [1.54, 1.807) is 6.20 Å². The van der Waals surface area contributed by atoms with Gasteiger partial charge in [0.25, 0.3) is 5.91 Å². The summed E-state index contributed by atoms with van der Waals surface area (Å²) in [5.74, 6) is 1.76. The van der Waals surface area contributed by atoms with Crippen LogP contribution >= 0.6 is 0 Å². The number of rotatable bonds is 5. The number of nitrogens with one attached hydrogen (secondary N) is 2. The third-order valence-electron chi connectivity index (χ3n) is 7.01. The molecule has 31 heavy (non-hydrogen) atoms. The van der Waals surface area contributed by atoms with Crippen molar-refractivity contribution < 1.29 is 9.53 Å². The van der Waals surface area contributed by atoms with Crippen molar-refractivity contribution in [2.45, 2.75) is 43.8 Å². The Bertz CT molecular complexity index is 928. The monoisotopic (exact) mass is 424 g/mol. The van der Waals surface area contributed by atoms with E-state index in [0.29, 0.717) is 17.5 Å². The highest BCUT2D eigenvalue weighted by atomic mass is 16.5. The molecule has 0 radical (unpaired) electrons. The Kier molecular flexibility index (Phi) is 5.35. The summed E-state index contributed by atoms with van der Waals surface area (Å²) in [5.41, 5.74) is 6.73. The van der Waals surface area contributed by atoms with Gasteiger partial charge in [0, 0.05) is 64.0 Å². The summed E-state index contributed by atoms with van der Waals surface area (Å²) >= 11 is 0. The number of benzene rings is 1. The fraction of sp³-hybridized carbons (Fsp3) is 0.565. The van der Waals surface area contributed by atoms with E-state index in [9.17, 15) is 4.79 Å². The molecule has 0 bridgehead atoms. The number of imidazole rings is 1. The average Bonchev–Trinajstić information content (AvgIpc) is 3.18. The predicted molar refractivity (Wildman–Crippen MR) is 120 cm³/mol. The minimum atomic E-state index is -0.148. The third kappa shape index (κ3) is 3.78. The van der Waals surface area contributed by atoms with E-state index in [2.05, 4.69) is 70.8 Å². The summed E-state index contributed by atoms with van der Waals surface area (Å²) in [6, 6.07) is 9.02. The van der Waals surface area contributed by atoms with Gasteiger partial charge in [-0.15, -0.1) is 0 Å². The van der Waals surface area contributed by atoms with E-state index >= 15 is 0 Å². The minimum Gasteiger partial charge on any atom is -0.381 e. The number of carbonyl (C=O) groups is 1. The van der Waals surface area contributed by atoms with Crippen molar-refractivity contribution in [1.82, 2.24) is 19.9 Å². The number of ether oxygens (including phenoxy) is 1. The van der Waals surface area contributed by atoms with Gasteiger partial charge in [0.1, 0.15) is 17.7 Å². The van der Waals surface area contributed by atoms with E-state index in [0.717, 1.165) is 45.0 Å². The molecule has 2 atom stereocenters. The molecule has 4 heterocycles. The van der Waals surface area contributed by atoms with E-state index in [4.69, 9.17) is 4.74 Å². The van der Waals surface area contributed by atoms with Crippen molar-refractivity contribution in [3.63, 3.8) is 0 Å². The molecule has 2 aromatic rings. The molecule has 1 aromatic carbocycles. The maximum absolute atomic E-state index is 12.7. The number of amides is 1. The van der Waals surface area contributed by atoms with Gasteiger partial charge in [0.2, 0.25) is 0 Å². The van der Waals surface area contributed by atoms with Crippen molar-refractivity contribution in [3.8, 4) is 0 Å². The maximum atomic E-state index is 12.7. The Balaban J connectivity index is 1.24. The van der Waals surface area contributed by atoms with Crippen LogP contribution in [-0.2, 0) is 4.74 Å². The normalized spacial score (nSPS) is 23.5. The summed E-state index contributed by atoms with van der Waals surface area (Å²) in [7, 11) is 4.12. The van der Waals surface area contributed by atoms with Crippen LogP contribution in [-0.4, -0.2) is 73.1 Å². The van der Waals surface area contributed by atoms with Gasteiger partial charge in [0.15, 0.2) is 0 Å². The van der Waals surface area contributed by atoms with Crippen molar-refractivity contribution >= 4 is 11.6 Å². The van der Waals surface area contributed by atoms with Gasteiger partial charge in [-0.05, 0) is 37.5 Å². The molecule has 1 amide bonds. The van der Waals surface area contributed by atoms with Gasteiger partial charge >= 0.3 is 0 Å². The lowest BCUT2D eigenvalue weighted by Gasteiger charge is -2.47. The highest BCUT2D eigenvalue weighted by Gasteiger charge is 2.38. The Labute approximate surface area is 183 Å². The SMILES string of the molecule is CC(C1NC(=O)c2cnc(C3CCOCC3)n2N1)N1CC(c2ccc(N(C)C)cc2)C1. The molecule has 8 nitrogen and oxygen atoms in total. The van der Waals surface area contributed by atoms with Crippen LogP contribution < -0.4 is 15.6 Å². The summed E-state index contributed by atoms with van der Waals surface area (Å²) in [6.07, 6.45) is 3.43. The van der Waals surface area contributed by atoms with E-state index in [1.807, 2.05) is 4.68 Å². The summed E-state index contributed by atoms with van der Waals surface area (Å²) < 4.78 is 7.42. The van der Waals surface area contributed by atoms with E-state index < -0.39 is 0 Å². The van der Waals surface area contributed by atoms with Crippen LogP contribution in [0.2, 0.25) is 0 Å². The second-order valence-corrected chi connectivity index (χ2v) is 9.18. The van der Waals surface area contributed by atoms with Crippen molar-refractivity contribution in [1.29, 1.82) is 0 Å². The van der Waals surface area contributed by atoms with Crippen LogP contribution in [0.15, 0.2) is 30.5 Å². The number of carbonyl (C=O) groups excluding carboxylic acids is 1. The number of anilines is 1. The number of likely N-dealkylation sites (tertiary alicyclic amines) is 1. The Morgan fingerprint density at radius 1 is 1.13 bits per heavy atom. The topological polar surface area (TPSA) is 74.7 Å². The zero-order valence-electron chi connectivity index (χ0n) is 18.5. The maximum Gasteiger partial charge on any atom is 0.273 e. The lowest BCUT2D eigenvalue weighted by atomic mass is 9.89. The first kappa shape index (κ1) is 20.3. The summed E-state index contributed by atoms with van der Waals surface area (Å²) in [5, 5.41) is 3.13. The molecule has 3 aliphatic heterocycles. The molecule has 166 valence electrons. The molecule has 5 rings (SSSR count). The van der Waals surface area contributed by atoms with Crippen LogP contribution in [0.25, 0.3) is 0 Å². The van der Waals surface area contributed by atoms with Gasteiger partial charge < -0.3 is 20.4 Å². The lowest BCUT2D eigenvalue weighted by Crippen LogP contribution is -2.63. The molecule has 1 aromatic heterocycles. The number of hydrogen-bond donors (Lipinski definition) is 2. The fourth-order valence-corrected chi connectivity index (χ4v) is 4.83. The van der Waals surface area contributed by atoms with Gasteiger partial charge in [0.05, 0.1) is 6.20 Å². The highest BCUT2D eigenvalue weighted by molar-refractivity contribution is 5.93. The molecule has 3 aliphatic rings. The van der Waals surface area contributed by atoms with Crippen LogP contribution in [0, 0.1) is 0 Å². The zero-order chi connectivity index (χ0) is 21.5. The van der Waals surface area contributed by atoms with Gasteiger partial charge in [-0.2, -0.15) is 0 Å². The second kappa shape index (κ2) is 8.16. The largest absolute Gasteiger partial charge is 0.381 e. The molecule has 2 fully saturated rings. The quantitative estimate of drug-likeness (QED) is 0.764. The number of hydrogen-bond acceptors (Lipinski definition) is 6. The van der Waals surface area contributed by atoms with Crippen LogP contribution in [0.3, 0.4) is 0 Å². The second-order valence-electron chi connectivity index (χ2n) is 9.18. The fourth-order valence-electron chi connectivity index (χ4n) is 4.83. The van der Waals surface area contributed by atoms with Crippen LogP contribution in [0.1, 0.15) is 53.5 Å². The first-order valence-corrected chi connectivity index (χ1v) is 11.3. The predicted octanol–water partition coefficient (Wildman–Crippen LogP) is 1.94. The Morgan fingerprint density at radius 2 is 1.84 bits per heavy atom. The Morgan fingerprint density at radius 3 is 2.52 bits per heavy atom. The lowest BCUT2D eigenvalue weighted by molar-refractivity contribution is 0.0666. The molecular formula is C23H32N6O2. The van der Waals surface area contributed by atoms with Gasteiger partial charge in [-0.3, -0.25) is 9.69 Å². The highest BCUT2D eigenvalue weighted by Crippen LogP contribution is 2.31. The van der Waals surface area contributed by atoms with Gasteiger partial charge in [-0.25, -0.2) is 9.66 Å². The first-order chi connectivity index (χ1) is 15.0. The van der Waals surface area contributed by atoms with Crippen LogP contribution in [0.4, 0.5) is 5.69 Å². The van der Waals surface area contributed by atoms with E-state index in [-0.39, 0.29) is 18.1 Å².